The number of carbonyl (C=O) groups excluding carboxylic acids is 3. The first-order valence-electron chi connectivity index (χ1n) is 15.8. The van der Waals surface area contributed by atoms with E-state index in [0.29, 0.717) is 38.4 Å². The van der Waals surface area contributed by atoms with Gasteiger partial charge in [0.15, 0.2) is 0 Å². The Hall–Kier alpha value is -2.41. The fourth-order valence-electron chi connectivity index (χ4n) is 6.14. The van der Waals surface area contributed by atoms with Gasteiger partial charge in [0, 0.05) is 6.04 Å². The van der Waals surface area contributed by atoms with Crippen molar-refractivity contribution in [1.29, 1.82) is 0 Å². The van der Waals surface area contributed by atoms with Gasteiger partial charge in [-0.2, -0.15) is 0 Å². The number of benzene rings is 1. The molecule has 0 aromatic heterocycles. The van der Waals surface area contributed by atoms with Crippen LogP contribution in [-0.4, -0.2) is 60.1 Å². The molecule has 1 amide bonds. The third kappa shape index (κ3) is 9.60. The monoisotopic (exact) mass is 556 g/mol. The van der Waals surface area contributed by atoms with Gasteiger partial charge in [-0.05, 0) is 62.8 Å². The molecule has 1 aromatic rings. The van der Waals surface area contributed by atoms with Gasteiger partial charge in [-0.3, -0.25) is 14.9 Å². The Bertz CT molecular complexity index is 921. The van der Waals surface area contributed by atoms with Crippen molar-refractivity contribution in [2.75, 3.05) is 13.2 Å². The maximum absolute atomic E-state index is 13.9. The molecule has 1 aliphatic carbocycles. The van der Waals surface area contributed by atoms with Crippen molar-refractivity contribution in [3.8, 4) is 0 Å². The summed E-state index contributed by atoms with van der Waals surface area (Å²) in [6.07, 6.45) is 11.7. The molecule has 0 radical (unpaired) electrons. The van der Waals surface area contributed by atoms with Crippen LogP contribution < -0.4 is 5.32 Å². The summed E-state index contributed by atoms with van der Waals surface area (Å²) >= 11 is 0. The number of nitrogens with one attached hydrogen (secondary N) is 1. The van der Waals surface area contributed by atoms with Crippen molar-refractivity contribution in [3.05, 3.63) is 35.9 Å². The average molecular weight is 557 g/mol. The number of carbonyl (C=O) groups is 3. The molecule has 224 valence electrons. The van der Waals surface area contributed by atoms with Crippen LogP contribution in [0.2, 0.25) is 0 Å². The Balaban J connectivity index is 1.62. The maximum atomic E-state index is 13.9. The van der Waals surface area contributed by atoms with Crippen LogP contribution in [0.5, 0.6) is 0 Å². The van der Waals surface area contributed by atoms with Crippen LogP contribution in [0.4, 0.5) is 0 Å². The summed E-state index contributed by atoms with van der Waals surface area (Å²) in [6, 6.07) is 8.31. The van der Waals surface area contributed by atoms with Crippen LogP contribution in [0.1, 0.15) is 104 Å². The number of unbranched alkanes of at least 4 members (excludes halogenated alkanes) is 5. The quantitative estimate of drug-likeness (QED) is 0.192. The third-order valence-electron chi connectivity index (χ3n) is 8.34. The first-order chi connectivity index (χ1) is 19.3. The summed E-state index contributed by atoms with van der Waals surface area (Å²) in [5, 5.41) is 3.29. The molecule has 0 unspecified atom stereocenters. The molecule has 1 heterocycles. The molecule has 40 heavy (non-hydrogen) atoms. The van der Waals surface area contributed by atoms with Gasteiger partial charge in [-0.1, -0.05) is 89.6 Å². The molecule has 1 saturated carbocycles. The lowest BCUT2D eigenvalue weighted by atomic mass is 10.0. The van der Waals surface area contributed by atoms with Crippen molar-refractivity contribution < 1.29 is 23.9 Å². The lowest BCUT2D eigenvalue weighted by Crippen LogP contribution is -2.55. The highest BCUT2D eigenvalue weighted by atomic mass is 16.5. The van der Waals surface area contributed by atoms with Crippen molar-refractivity contribution in [1.82, 2.24) is 10.2 Å². The van der Waals surface area contributed by atoms with Crippen LogP contribution in [0.25, 0.3) is 0 Å². The third-order valence-corrected chi connectivity index (χ3v) is 8.34. The van der Waals surface area contributed by atoms with Crippen molar-refractivity contribution in [2.24, 2.45) is 11.8 Å². The number of esters is 2. The summed E-state index contributed by atoms with van der Waals surface area (Å²) in [4.78, 5) is 41.9. The molecule has 7 nitrogen and oxygen atoms in total. The largest absolute Gasteiger partial charge is 0.464 e. The molecule has 1 aliphatic heterocycles. The van der Waals surface area contributed by atoms with Gasteiger partial charge in [0.1, 0.15) is 12.1 Å². The first-order valence-corrected chi connectivity index (χ1v) is 15.8. The molecular formula is C33H52N2O5. The molecule has 1 N–H and O–H groups in total. The van der Waals surface area contributed by atoms with Crippen LogP contribution in [0, 0.1) is 11.8 Å². The number of nitrogens with zero attached hydrogens (tertiary/aromatic N) is 1. The number of ether oxygens (including phenoxy) is 2. The van der Waals surface area contributed by atoms with Gasteiger partial charge in [-0.15, -0.1) is 0 Å². The molecule has 2 aliphatic rings. The minimum atomic E-state index is -0.624. The zero-order chi connectivity index (χ0) is 28.9. The van der Waals surface area contributed by atoms with Gasteiger partial charge >= 0.3 is 11.9 Å². The van der Waals surface area contributed by atoms with Gasteiger partial charge in [-0.25, -0.2) is 4.79 Å². The Morgan fingerprint density at radius 2 is 1.70 bits per heavy atom. The zero-order valence-electron chi connectivity index (χ0n) is 25.2. The molecule has 3 rings (SSSR count). The maximum Gasteiger partial charge on any atom is 0.328 e. The van der Waals surface area contributed by atoms with E-state index >= 15 is 0 Å². The smallest absolute Gasteiger partial charge is 0.328 e. The Morgan fingerprint density at radius 1 is 0.975 bits per heavy atom. The fourth-order valence-corrected chi connectivity index (χ4v) is 6.14. The van der Waals surface area contributed by atoms with Gasteiger partial charge in [0.2, 0.25) is 5.91 Å². The Kier molecular flexibility index (Phi) is 13.5. The number of likely N-dealkylation sites (tertiary alicyclic amines) is 1. The molecule has 1 saturated heterocycles. The highest BCUT2D eigenvalue weighted by molar-refractivity contribution is 5.89. The van der Waals surface area contributed by atoms with Gasteiger partial charge < -0.3 is 14.4 Å². The Morgan fingerprint density at radius 3 is 2.42 bits per heavy atom. The molecule has 2 fully saturated rings. The minimum absolute atomic E-state index is 0.0685. The van der Waals surface area contributed by atoms with Crippen LogP contribution in [-0.2, 0) is 30.3 Å². The van der Waals surface area contributed by atoms with Gasteiger partial charge in [0.25, 0.3) is 0 Å². The minimum Gasteiger partial charge on any atom is -0.464 e. The highest BCUT2D eigenvalue weighted by Gasteiger charge is 2.50. The van der Waals surface area contributed by atoms with Gasteiger partial charge in [0.05, 0.1) is 19.3 Å². The van der Waals surface area contributed by atoms with E-state index in [4.69, 9.17) is 9.47 Å². The average Bonchev–Trinajstić information content (AvgIpc) is 3.55. The van der Waals surface area contributed by atoms with Crippen molar-refractivity contribution >= 4 is 17.8 Å². The van der Waals surface area contributed by atoms with Crippen LogP contribution in [0.15, 0.2) is 30.3 Å². The number of amides is 1. The lowest BCUT2D eigenvalue weighted by Gasteiger charge is -2.32. The number of aryl methyl sites for hydroxylation is 1. The second kappa shape index (κ2) is 16.8. The van der Waals surface area contributed by atoms with E-state index in [0.717, 1.165) is 44.1 Å². The van der Waals surface area contributed by atoms with E-state index < -0.39 is 18.1 Å². The van der Waals surface area contributed by atoms with E-state index in [9.17, 15) is 14.4 Å². The summed E-state index contributed by atoms with van der Waals surface area (Å²) < 4.78 is 11.3. The zero-order valence-corrected chi connectivity index (χ0v) is 25.2. The molecule has 5 atom stereocenters. The van der Waals surface area contributed by atoms with E-state index in [1.54, 1.807) is 11.8 Å². The summed E-state index contributed by atoms with van der Waals surface area (Å²) in [5.74, 6) is -0.172. The molecular weight excluding hydrogens is 504 g/mol. The first kappa shape index (κ1) is 32.1. The second-order valence-electron chi connectivity index (χ2n) is 12.2. The number of fused-ring (bicyclic) bond motifs is 1. The molecule has 1 aromatic carbocycles. The molecule has 7 heteroatoms. The topological polar surface area (TPSA) is 84.9 Å². The Labute approximate surface area is 241 Å². The summed E-state index contributed by atoms with van der Waals surface area (Å²) in [7, 11) is 0. The van der Waals surface area contributed by atoms with E-state index in [1.807, 2.05) is 44.2 Å². The predicted molar refractivity (Wildman–Crippen MR) is 158 cm³/mol. The molecule has 0 bridgehead atoms. The lowest BCUT2D eigenvalue weighted by molar-refractivity contribution is -0.156. The van der Waals surface area contributed by atoms with E-state index in [-0.39, 0.29) is 29.8 Å². The predicted octanol–water partition coefficient (Wildman–Crippen LogP) is 5.84. The van der Waals surface area contributed by atoms with E-state index in [2.05, 4.69) is 12.2 Å². The standard InChI is InChI=1S/C33H52N2O5/c1-5-6-7-8-9-13-21-39-33(38)30-22-27-17-14-18-29(27)35(30)31(36)25(4)34-28(32(37)40-23-24(2)3)20-19-26-15-11-10-12-16-26/h10-12,15-16,24-25,27-30,34H,5-9,13-14,17-23H2,1-4H3/t25-,27-,28-,29-,30-/m0/s1. The van der Waals surface area contributed by atoms with Crippen molar-refractivity contribution in [3.63, 3.8) is 0 Å². The number of rotatable bonds is 17. The summed E-state index contributed by atoms with van der Waals surface area (Å²) in [6.45, 7) is 8.76. The SMILES string of the molecule is CCCCCCCCOC(=O)[C@@H]1C[C@@H]2CCC[C@@H]2N1C(=O)[C@H](C)N[C@@H](CCc1ccccc1)C(=O)OCC(C)C. The summed E-state index contributed by atoms with van der Waals surface area (Å²) in [5.41, 5.74) is 1.13. The highest BCUT2D eigenvalue weighted by Crippen LogP contribution is 2.42. The normalized spacial score (nSPS) is 21.7. The number of hydrogen-bond donors (Lipinski definition) is 1. The van der Waals surface area contributed by atoms with E-state index in [1.165, 1.54) is 19.3 Å². The fraction of sp³-hybridized carbons (Fsp3) is 0.727. The number of hydrogen-bond acceptors (Lipinski definition) is 6. The second-order valence-corrected chi connectivity index (χ2v) is 12.2. The van der Waals surface area contributed by atoms with Crippen LogP contribution >= 0.6 is 0 Å². The van der Waals surface area contributed by atoms with Crippen LogP contribution in [0.3, 0.4) is 0 Å². The van der Waals surface area contributed by atoms with Crippen molar-refractivity contribution in [2.45, 2.75) is 129 Å². The molecule has 0 spiro atoms.